The van der Waals surface area contributed by atoms with Gasteiger partial charge < -0.3 is 5.73 Å². The second-order valence-electron chi connectivity index (χ2n) is 3.78. The van der Waals surface area contributed by atoms with Gasteiger partial charge in [-0.05, 0) is 12.1 Å². The van der Waals surface area contributed by atoms with Crippen LogP contribution >= 0.6 is 12.2 Å². The van der Waals surface area contributed by atoms with Crippen LogP contribution in [0.4, 0.5) is 0 Å². The van der Waals surface area contributed by atoms with E-state index in [1.807, 2.05) is 0 Å². The van der Waals surface area contributed by atoms with Crippen LogP contribution in [0.3, 0.4) is 0 Å². The van der Waals surface area contributed by atoms with E-state index in [1.165, 1.54) is 29.8 Å². The van der Waals surface area contributed by atoms with Gasteiger partial charge in [-0.2, -0.15) is 0 Å². The third kappa shape index (κ3) is 3.45. The normalized spacial score (nSPS) is 13.6. The van der Waals surface area contributed by atoms with Gasteiger partial charge in [0.2, 0.25) is 10.0 Å². The summed E-state index contributed by atoms with van der Waals surface area (Å²) in [5.41, 5.74) is 5.46. The van der Waals surface area contributed by atoms with Crippen molar-refractivity contribution in [2.75, 3.05) is 13.6 Å². The van der Waals surface area contributed by atoms with Crippen LogP contribution in [-0.4, -0.2) is 36.3 Å². The zero-order chi connectivity index (χ0) is 13.1. The first-order chi connectivity index (χ1) is 7.85. The van der Waals surface area contributed by atoms with Crippen molar-refractivity contribution in [2.45, 2.75) is 11.8 Å². The number of nitrogens with zero attached hydrogens (tertiary/aromatic N) is 2. The average molecular weight is 273 g/mol. The molecule has 1 atom stereocenters. The molecule has 1 heterocycles. The van der Waals surface area contributed by atoms with Gasteiger partial charge in [0.05, 0.1) is 4.99 Å². The maximum Gasteiger partial charge on any atom is 0.244 e. The van der Waals surface area contributed by atoms with E-state index in [2.05, 4.69) is 4.98 Å². The van der Waals surface area contributed by atoms with Gasteiger partial charge in [0.15, 0.2) is 0 Å². The van der Waals surface area contributed by atoms with E-state index in [1.54, 1.807) is 13.0 Å². The monoisotopic (exact) mass is 273 g/mol. The lowest BCUT2D eigenvalue weighted by Gasteiger charge is -2.20. The lowest BCUT2D eigenvalue weighted by Crippen LogP contribution is -2.35. The van der Waals surface area contributed by atoms with E-state index in [9.17, 15) is 8.42 Å². The van der Waals surface area contributed by atoms with E-state index in [0.29, 0.717) is 4.99 Å². The Labute approximate surface area is 107 Å². The van der Waals surface area contributed by atoms with Crippen molar-refractivity contribution in [3.8, 4) is 0 Å². The van der Waals surface area contributed by atoms with Gasteiger partial charge in [0.1, 0.15) is 4.90 Å². The van der Waals surface area contributed by atoms with Gasteiger partial charge in [0, 0.05) is 31.9 Å². The Kier molecular flexibility index (Phi) is 4.55. The van der Waals surface area contributed by atoms with E-state index in [-0.39, 0.29) is 17.4 Å². The number of nitrogens with two attached hydrogens (primary N) is 1. The summed E-state index contributed by atoms with van der Waals surface area (Å²) in [6.07, 6.45) is 2.84. The van der Waals surface area contributed by atoms with Gasteiger partial charge in [-0.25, -0.2) is 12.7 Å². The van der Waals surface area contributed by atoms with E-state index in [0.717, 1.165) is 0 Å². The van der Waals surface area contributed by atoms with Crippen LogP contribution in [0.25, 0.3) is 0 Å². The lowest BCUT2D eigenvalue weighted by atomic mass is 10.2. The highest BCUT2D eigenvalue weighted by atomic mass is 32.2. The zero-order valence-corrected chi connectivity index (χ0v) is 11.3. The summed E-state index contributed by atoms with van der Waals surface area (Å²) in [4.78, 5) is 4.26. The summed E-state index contributed by atoms with van der Waals surface area (Å²) in [6.45, 7) is 2.05. The Morgan fingerprint density at radius 1 is 1.65 bits per heavy atom. The van der Waals surface area contributed by atoms with Crippen molar-refractivity contribution < 1.29 is 8.42 Å². The van der Waals surface area contributed by atoms with Crippen LogP contribution in [0, 0.1) is 5.92 Å². The molecule has 0 amide bonds. The molecule has 0 spiro atoms. The van der Waals surface area contributed by atoms with Crippen molar-refractivity contribution in [2.24, 2.45) is 11.7 Å². The number of sulfonamides is 1. The maximum absolute atomic E-state index is 12.1. The molecule has 0 aromatic carbocycles. The molecule has 0 aliphatic heterocycles. The van der Waals surface area contributed by atoms with Crippen LogP contribution in [0.15, 0.2) is 29.4 Å². The first-order valence-electron chi connectivity index (χ1n) is 5.01. The minimum Gasteiger partial charge on any atom is -0.393 e. The minimum atomic E-state index is -3.51. The lowest BCUT2D eigenvalue weighted by molar-refractivity contribution is 0.445. The predicted octanol–water partition coefficient (Wildman–Crippen LogP) is 0.624. The third-order valence-electron chi connectivity index (χ3n) is 2.36. The zero-order valence-electron chi connectivity index (χ0n) is 9.70. The number of hydrogen-bond acceptors (Lipinski definition) is 4. The molecule has 2 N–H and O–H groups in total. The Morgan fingerprint density at radius 3 is 2.76 bits per heavy atom. The van der Waals surface area contributed by atoms with Gasteiger partial charge in [-0.3, -0.25) is 4.98 Å². The van der Waals surface area contributed by atoms with E-state index in [4.69, 9.17) is 18.0 Å². The van der Waals surface area contributed by atoms with Crippen LogP contribution < -0.4 is 5.73 Å². The molecule has 5 nitrogen and oxygen atoms in total. The fraction of sp³-hybridized carbons (Fsp3) is 0.400. The Morgan fingerprint density at radius 2 is 2.29 bits per heavy atom. The number of rotatable bonds is 5. The summed E-state index contributed by atoms with van der Waals surface area (Å²) < 4.78 is 25.4. The van der Waals surface area contributed by atoms with Gasteiger partial charge in [0.25, 0.3) is 0 Å². The highest BCUT2D eigenvalue weighted by Crippen LogP contribution is 2.13. The molecule has 0 bridgehead atoms. The molecule has 0 aliphatic carbocycles. The quantitative estimate of drug-likeness (QED) is 0.796. The SMILES string of the molecule is CC(CN(C)S(=O)(=O)c1cccnc1)C(N)=S. The Balaban J connectivity index is 2.89. The smallest absolute Gasteiger partial charge is 0.244 e. The molecule has 17 heavy (non-hydrogen) atoms. The molecule has 0 fully saturated rings. The standard InChI is InChI=1S/C10H15N3O2S2/c1-8(10(11)16)7-13(2)17(14,15)9-4-3-5-12-6-9/h3-6,8H,7H2,1-2H3,(H2,11,16). The minimum absolute atomic E-state index is 0.164. The molecular formula is C10H15N3O2S2. The summed E-state index contributed by atoms with van der Waals surface area (Å²) >= 11 is 4.82. The van der Waals surface area contributed by atoms with E-state index >= 15 is 0 Å². The Bertz CT molecular complexity index is 488. The van der Waals surface area contributed by atoms with Gasteiger partial charge >= 0.3 is 0 Å². The molecule has 94 valence electrons. The van der Waals surface area contributed by atoms with Crippen LogP contribution in [0.5, 0.6) is 0 Å². The fourth-order valence-electron chi connectivity index (χ4n) is 1.25. The first kappa shape index (κ1) is 14.0. The molecule has 0 aliphatic rings. The number of thiocarbonyl (C=S) groups is 1. The summed E-state index contributed by atoms with van der Waals surface area (Å²) in [7, 11) is -2.01. The highest BCUT2D eigenvalue weighted by molar-refractivity contribution is 7.89. The topological polar surface area (TPSA) is 76.3 Å². The molecule has 7 heteroatoms. The largest absolute Gasteiger partial charge is 0.393 e. The van der Waals surface area contributed by atoms with Crippen molar-refractivity contribution in [1.82, 2.24) is 9.29 Å². The molecule has 1 aromatic heterocycles. The fourth-order valence-corrected chi connectivity index (χ4v) is 2.55. The molecule has 1 aromatic rings. The summed E-state index contributed by atoms with van der Waals surface area (Å²) in [5, 5.41) is 0. The number of hydrogen-bond donors (Lipinski definition) is 1. The van der Waals surface area contributed by atoms with Crippen molar-refractivity contribution in [1.29, 1.82) is 0 Å². The maximum atomic E-state index is 12.1. The van der Waals surface area contributed by atoms with Gasteiger partial charge in [-0.1, -0.05) is 19.1 Å². The van der Waals surface area contributed by atoms with Crippen molar-refractivity contribution in [3.05, 3.63) is 24.5 Å². The van der Waals surface area contributed by atoms with Gasteiger partial charge in [-0.15, -0.1) is 0 Å². The third-order valence-corrected chi connectivity index (χ3v) is 4.57. The number of pyridine rings is 1. The molecule has 0 saturated heterocycles. The van der Waals surface area contributed by atoms with Crippen LogP contribution in [-0.2, 0) is 10.0 Å². The van der Waals surface area contributed by atoms with E-state index < -0.39 is 10.0 Å². The van der Waals surface area contributed by atoms with Crippen LogP contribution in [0.2, 0.25) is 0 Å². The van der Waals surface area contributed by atoms with Crippen molar-refractivity contribution >= 4 is 27.2 Å². The molecule has 0 radical (unpaired) electrons. The number of aromatic nitrogens is 1. The summed E-state index contributed by atoms with van der Waals surface area (Å²) in [6, 6.07) is 3.09. The second-order valence-corrected chi connectivity index (χ2v) is 6.29. The molecule has 1 unspecified atom stereocenters. The Hall–Kier alpha value is -1.05. The highest BCUT2D eigenvalue weighted by Gasteiger charge is 2.23. The first-order valence-corrected chi connectivity index (χ1v) is 6.86. The summed E-state index contributed by atoms with van der Waals surface area (Å²) in [5.74, 6) is -0.165. The van der Waals surface area contributed by atoms with Crippen LogP contribution in [0.1, 0.15) is 6.92 Å². The average Bonchev–Trinajstić information content (AvgIpc) is 2.29. The predicted molar refractivity (Wildman–Crippen MR) is 70.0 cm³/mol. The molecular weight excluding hydrogens is 258 g/mol. The molecule has 1 rings (SSSR count). The second kappa shape index (κ2) is 5.52. The van der Waals surface area contributed by atoms with Crippen molar-refractivity contribution in [3.63, 3.8) is 0 Å². The molecule has 0 saturated carbocycles.